The van der Waals surface area contributed by atoms with Gasteiger partial charge in [0.2, 0.25) is 0 Å². The Kier molecular flexibility index (Phi) is 4.63. The maximum atomic E-state index is 12.4. The summed E-state index contributed by atoms with van der Waals surface area (Å²) >= 11 is 0. The van der Waals surface area contributed by atoms with Gasteiger partial charge in [-0.1, -0.05) is 0 Å². The van der Waals surface area contributed by atoms with Gasteiger partial charge in [0.1, 0.15) is 0 Å². The van der Waals surface area contributed by atoms with E-state index in [9.17, 15) is 19.7 Å². The minimum atomic E-state index is -0.541. The van der Waals surface area contributed by atoms with Crippen molar-refractivity contribution in [1.82, 2.24) is 14.7 Å². The highest BCUT2D eigenvalue weighted by atomic mass is 16.6. The number of nitro groups is 1. The van der Waals surface area contributed by atoms with Crippen molar-refractivity contribution < 1.29 is 14.5 Å². The van der Waals surface area contributed by atoms with E-state index in [1.807, 2.05) is 0 Å². The van der Waals surface area contributed by atoms with E-state index in [1.54, 1.807) is 28.1 Å². The topological polar surface area (TPSA) is 110 Å². The largest absolute Gasteiger partial charge is 0.343 e. The minimum absolute atomic E-state index is 0.104. The molecule has 1 heterocycles. The number of amides is 2. The summed E-state index contributed by atoms with van der Waals surface area (Å²) in [5, 5.41) is 17.5. The van der Waals surface area contributed by atoms with Crippen LogP contribution in [0.3, 0.4) is 0 Å². The lowest BCUT2D eigenvalue weighted by atomic mass is 10.2. The van der Waals surface area contributed by atoms with Crippen LogP contribution < -0.4 is 5.32 Å². The van der Waals surface area contributed by atoms with Crippen molar-refractivity contribution >= 4 is 23.2 Å². The van der Waals surface area contributed by atoms with E-state index in [1.165, 1.54) is 33.8 Å². The van der Waals surface area contributed by atoms with Gasteiger partial charge in [-0.15, -0.1) is 0 Å². The molecule has 0 saturated carbocycles. The van der Waals surface area contributed by atoms with Crippen LogP contribution in [0.25, 0.3) is 0 Å². The van der Waals surface area contributed by atoms with Gasteiger partial charge in [-0.3, -0.25) is 24.4 Å². The van der Waals surface area contributed by atoms with Gasteiger partial charge in [0.05, 0.1) is 16.3 Å². The fourth-order valence-electron chi connectivity index (χ4n) is 2.04. The summed E-state index contributed by atoms with van der Waals surface area (Å²) in [6.45, 7) is 1.73. The van der Waals surface area contributed by atoms with Crippen molar-refractivity contribution in [3.05, 3.63) is 51.3 Å². The van der Waals surface area contributed by atoms with Crippen molar-refractivity contribution in [3.63, 3.8) is 0 Å². The third-order valence-corrected chi connectivity index (χ3v) is 3.52. The van der Waals surface area contributed by atoms with Crippen LogP contribution in [0.2, 0.25) is 0 Å². The van der Waals surface area contributed by atoms with E-state index >= 15 is 0 Å². The molecule has 0 aliphatic carbocycles. The first-order valence-electron chi connectivity index (χ1n) is 7.03. The quantitative estimate of drug-likeness (QED) is 0.675. The second-order valence-electron chi connectivity index (χ2n) is 5.39. The number of carbonyl (C=O) groups excluding carboxylic acids is 2. The second kappa shape index (κ2) is 6.49. The van der Waals surface area contributed by atoms with Gasteiger partial charge in [-0.05, 0) is 19.1 Å². The molecule has 0 aliphatic heterocycles. The maximum absolute atomic E-state index is 12.4. The second-order valence-corrected chi connectivity index (χ2v) is 5.39. The Morgan fingerprint density at radius 2 is 1.83 bits per heavy atom. The fraction of sp³-hybridized carbons (Fsp3) is 0.267. The normalized spacial score (nSPS) is 10.3. The molecule has 0 unspecified atom stereocenters. The average Bonchev–Trinajstić information content (AvgIpc) is 2.82. The number of benzene rings is 1. The molecule has 1 aromatic carbocycles. The monoisotopic (exact) mass is 331 g/mol. The maximum Gasteiger partial charge on any atom is 0.276 e. The van der Waals surface area contributed by atoms with E-state index in [2.05, 4.69) is 10.4 Å². The summed E-state index contributed by atoms with van der Waals surface area (Å²) in [6, 6.07) is 5.20. The number of hydrogen-bond acceptors (Lipinski definition) is 5. The molecular formula is C15H17N5O4. The first-order chi connectivity index (χ1) is 11.2. The van der Waals surface area contributed by atoms with Crippen molar-refractivity contribution in [2.45, 2.75) is 6.92 Å². The third-order valence-electron chi connectivity index (χ3n) is 3.52. The molecule has 24 heavy (non-hydrogen) atoms. The van der Waals surface area contributed by atoms with Gasteiger partial charge in [0.25, 0.3) is 17.5 Å². The van der Waals surface area contributed by atoms with Crippen molar-refractivity contribution in [2.75, 3.05) is 19.4 Å². The van der Waals surface area contributed by atoms with Crippen LogP contribution in [0.4, 0.5) is 11.4 Å². The van der Waals surface area contributed by atoms with Crippen molar-refractivity contribution in [3.8, 4) is 0 Å². The molecule has 0 aliphatic rings. The molecule has 0 bridgehead atoms. The van der Waals surface area contributed by atoms with Crippen LogP contribution in [0.5, 0.6) is 0 Å². The first-order valence-corrected chi connectivity index (χ1v) is 7.03. The lowest BCUT2D eigenvalue weighted by Gasteiger charge is -2.10. The molecule has 0 saturated heterocycles. The SMILES string of the molecule is Cc1c(NC(=O)c2ccc([N+](=O)[O-])cc2)c(C(=O)N(C)C)nn1C. The van der Waals surface area contributed by atoms with Gasteiger partial charge in [0.15, 0.2) is 5.69 Å². The molecule has 9 nitrogen and oxygen atoms in total. The molecular weight excluding hydrogens is 314 g/mol. The number of carbonyl (C=O) groups is 2. The van der Waals surface area contributed by atoms with Crippen LogP contribution in [0, 0.1) is 17.0 Å². The molecule has 0 radical (unpaired) electrons. The van der Waals surface area contributed by atoms with E-state index in [0.29, 0.717) is 11.4 Å². The number of nitrogens with zero attached hydrogens (tertiary/aromatic N) is 4. The summed E-state index contributed by atoms with van der Waals surface area (Å²) in [5.41, 5.74) is 1.21. The fourth-order valence-corrected chi connectivity index (χ4v) is 2.04. The number of aromatic nitrogens is 2. The Balaban J connectivity index is 2.32. The smallest absolute Gasteiger partial charge is 0.276 e. The molecule has 0 spiro atoms. The zero-order chi connectivity index (χ0) is 18.0. The highest BCUT2D eigenvalue weighted by molar-refractivity contribution is 6.08. The molecule has 0 fully saturated rings. The molecule has 126 valence electrons. The molecule has 2 rings (SSSR count). The predicted molar refractivity (Wildman–Crippen MR) is 87.0 cm³/mol. The Hall–Kier alpha value is -3.23. The Bertz CT molecular complexity index is 808. The van der Waals surface area contributed by atoms with Gasteiger partial charge < -0.3 is 10.2 Å². The molecule has 2 amide bonds. The Morgan fingerprint density at radius 3 is 2.33 bits per heavy atom. The molecule has 2 aromatic rings. The molecule has 9 heteroatoms. The van der Waals surface area contributed by atoms with E-state index < -0.39 is 10.8 Å². The van der Waals surface area contributed by atoms with E-state index in [4.69, 9.17) is 0 Å². The number of nitro benzene ring substituents is 1. The van der Waals surface area contributed by atoms with E-state index in [-0.39, 0.29) is 22.9 Å². The van der Waals surface area contributed by atoms with Crippen LogP contribution in [-0.2, 0) is 7.05 Å². The van der Waals surface area contributed by atoms with Crippen LogP contribution in [0.15, 0.2) is 24.3 Å². The van der Waals surface area contributed by atoms with Crippen molar-refractivity contribution in [2.24, 2.45) is 7.05 Å². The number of aryl methyl sites for hydroxylation is 1. The number of anilines is 1. The highest BCUT2D eigenvalue weighted by Crippen LogP contribution is 2.22. The summed E-state index contributed by atoms with van der Waals surface area (Å²) in [4.78, 5) is 36.0. The van der Waals surface area contributed by atoms with Crippen LogP contribution >= 0.6 is 0 Å². The number of non-ortho nitro benzene ring substituents is 1. The van der Waals surface area contributed by atoms with Crippen LogP contribution in [0.1, 0.15) is 26.5 Å². The standard InChI is InChI=1S/C15H17N5O4/c1-9-12(13(17-19(9)4)15(22)18(2)3)16-14(21)10-5-7-11(8-6-10)20(23)24/h5-8H,1-4H3,(H,16,21). The third kappa shape index (κ3) is 3.24. The number of rotatable bonds is 4. The lowest BCUT2D eigenvalue weighted by Crippen LogP contribution is -2.24. The molecule has 1 aromatic heterocycles. The zero-order valence-corrected chi connectivity index (χ0v) is 13.7. The molecule has 1 N–H and O–H groups in total. The Morgan fingerprint density at radius 1 is 1.25 bits per heavy atom. The number of hydrogen-bond donors (Lipinski definition) is 1. The zero-order valence-electron chi connectivity index (χ0n) is 13.7. The summed E-state index contributed by atoms with van der Waals surface area (Å²) in [5.74, 6) is -0.813. The van der Waals surface area contributed by atoms with E-state index in [0.717, 1.165) is 0 Å². The van der Waals surface area contributed by atoms with Gasteiger partial charge >= 0.3 is 0 Å². The predicted octanol–water partition coefficient (Wildman–Crippen LogP) is 1.59. The summed E-state index contributed by atoms with van der Waals surface area (Å²) in [7, 11) is 4.85. The van der Waals surface area contributed by atoms with Gasteiger partial charge in [0, 0.05) is 38.8 Å². The first kappa shape index (κ1) is 17.1. The lowest BCUT2D eigenvalue weighted by molar-refractivity contribution is -0.384. The highest BCUT2D eigenvalue weighted by Gasteiger charge is 2.23. The van der Waals surface area contributed by atoms with Crippen LogP contribution in [-0.4, -0.2) is 45.5 Å². The Labute approximate surface area is 138 Å². The van der Waals surface area contributed by atoms with Crippen molar-refractivity contribution in [1.29, 1.82) is 0 Å². The summed E-state index contributed by atoms with van der Waals surface area (Å²) < 4.78 is 1.50. The summed E-state index contributed by atoms with van der Waals surface area (Å²) in [6.07, 6.45) is 0. The minimum Gasteiger partial charge on any atom is -0.343 e. The molecule has 0 atom stereocenters. The average molecular weight is 331 g/mol. The number of nitrogens with one attached hydrogen (secondary N) is 1. The van der Waals surface area contributed by atoms with Gasteiger partial charge in [-0.25, -0.2) is 0 Å². The van der Waals surface area contributed by atoms with Gasteiger partial charge in [-0.2, -0.15) is 5.10 Å².